The van der Waals surface area contributed by atoms with E-state index in [9.17, 15) is 14.4 Å². The number of ether oxygens (including phenoxy) is 1. The number of carbonyl (C=O) groups excluding carboxylic acids is 2. The summed E-state index contributed by atoms with van der Waals surface area (Å²) in [5, 5.41) is 10.3. The molecule has 1 aliphatic heterocycles. The molecule has 3 fully saturated rings. The molecule has 2 saturated carbocycles. The maximum Gasteiger partial charge on any atom is 0.317 e. The number of hydrogen-bond acceptors (Lipinski definition) is 9. The molecule has 2 aliphatic carbocycles. The second kappa shape index (κ2) is 15.0. The predicted molar refractivity (Wildman–Crippen MR) is 207 cm³/mol. The summed E-state index contributed by atoms with van der Waals surface area (Å²) < 4.78 is 7.23. The van der Waals surface area contributed by atoms with E-state index in [4.69, 9.17) is 14.7 Å². The number of nitrogens with one attached hydrogen (secondary N) is 3. The maximum absolute atomic E-state index is 13.4. The van der Waals surface area contributed by atoms with Gasteiger partial charge in [0.15, 0.2) is 5.65 Å². The van der Waals surface area contributed by atoms with Crippen LogP contribution in [0.5, 0.6) is 5.88 Å². The molecule has 1 saturated heterocycles. The first-order valence-electron chi connectivity index (χ1n) is 19.0. The highest BCUT2D eigenvalue weighted by atomic mass is 16.5. The fourth-order valence-electron chi connectivity index (χ4n) is 7.83. The molecule has 3 amide bonds. The van der Waals surface area contributed by atoms with Gasteiger partial charge < -0.3 is 30.5 Å². The number of fused-ring (bicyclic) bond motifs is 1. The van der Waals surface area contributed by atoms with Gasteiger partial charge in [-0.1, -0.05) is 26.3 Å². The van der Waals surface area contributed by atoms with Gasteiger partial charge in [0.2, 0.25) is 17.7 Å². The Morgan fingerprint density at radius 3 is 2.57 bits per heavy atom. The summed E-state index contributed by atoms with van der Waals surface area (Å²) in [5.74, 6) is 2.78. The van der Waals surface area contributed by atoms with Crippen LogP contribution in [0.15, 0.2) is 53.5 Å². The van der Waals surface area contributed by atoms with Crippen LogP contribution in [0.3, 0.4) is 0 Å². The number of benzene rings is 1. The van der Waals surface area contributed by atoms with Gasteiger partial charge in [-0.3, -0.25) is 14.2 Å². The van der Waals surface area contributed by atoms with E-state index in [0.29, 0.717) is 66.6 Å². The van der Waals surface area contributed by atoms with Crippen LogP contribution in [-0.2, 0) is 4.79 Å². The first-order valence-corrected chi connectivity index (χ1v) is 19.0. The van der Waals surface area contributed by atoms with Crippen molar-refractivity contribution in [3.05, 3.63) is 64.6 Å². The number of amides is 3. The number of piperazine rings is 1. The molecule has 7 rings (SSSR count). The predicted octanol–water partition coefficient (Wildman–Crippen LogP) is 6.41. The Bertz CT molecular complexity index is 2060. The highest BCUT2D eigenvalue weighted by Gasteiger charge is 2.35. The van der Waals surface area contributed by atoms with Gasteiger partial charge in [0.05, 0.1) is 12.8 Å². The second-order valence-electron chi connectivity index (χ2n) is 15.4. The Labute approximate surface area is 310 Å². The Hall–Kier alpha value is -5.20. The molecule has 3 N–H and O–H groups in total. The minimum atomic E-state index is -0.245. The Morgan fingerprint density at radius 1 is 1.04 bits per heavy atom. The average molecular weight is 722 g/mol. The van der Waals surface area contributed by atoms with E-state index in [1.807, 2.05) is 42.2 Å². The molecule has 0 spiro atoms. The quantitative estimate of drug-likeness (QED) is 0.167. The fourth-order valence-corrected chi connectivity index (χ4v) is 7.83. The third-order valence-electron chi connectivity index (χ3n) is 11.1. The van der Waals surface area contributed by atoms with Crippen molar-refractivity contribution < 1.29 is 14.3 Å². The summed E-state index contributed by atoms with van der Waals surface area (Å²) >= 11 is 0. The van der Waals surface area contributed by atoms with Crippen molar-refractivity contribution in [2.45, 2.75) is 78.2 Å². The smallest absolute Gasteiger partial charge is 0.317 e. The SMILES string of the molecule is CCC1CC(C)CCC(C)(NC(=O)N2CCN(c3ccc(Nc4ncc5c(C)cc(=O)n(-c6cccc(NC(=O)C7CC7)c6)c5n4)c(OC)n3)CC2)C1. The molecular weight excluding hydrogens is 670 g/mol. The third kappa shape index (κ3) is 8.08. The van der Waals surface area contributed by atoms with E-state index >= 15 is 0 Å². The van der Waals surface area contributed by atoms with Crippen LogP contribution in [0.4, 0.5) is 27.9 Å². The number of pyridine rings is 2. The number of carbonyl (C=O) groups is 2. The summed E-state index contributed by atoms with van der Waals surface area (Å²) in [6.45, 7) is 11.2. The molecule has 13 heteroatoms. The Morgan fingerprint density at radius 2 is 1.83 bits per heavy atom. The van der Waals surface area contributed by atoms with Gasteiger partial charge in [-0.25, -0.2) is 9.78 Å². The van der Waals surface area contributed by atoms with Gasteiger partial charge >= 0.3 is 6.03 Å². The molecule has 280 valence electrons. The van der Waals surface area contributed by atoms with Crippen molar-refractivity contribution in [3.8, 4) is 11.6 Å². The molecule has 4 aromatic rings. The summed E-state index contributed by atoms with van der Waals surface area (Å²) in [4.78, 5) is 57.5. The molecule has 0 bridgehead atoms. The van der Waals surface area contributed by atoms with Gasteiger partial charge in [0.1, 0.15) is 11.5 Å². The number of aryl methyl sites for hydroxylation is 1. The van der Waals surface area contributed by atoms with Gasteiger partial charge in [-0.2, -0.15) is 9.97 Å². The zero-order valence-electron chi connectivity index (χ0n) is 31.4. The molecule has 3 unspecified atom stereocenters. The molecule has 1 aromatic carbocycles. The highest BCUT2D eigenvalue weighted by molar-refractivity contribution is 5.94. The first-order chi connectivity index (χ1) is 25.5. The molecule has 4 heterocycles. The van der Waals surface area contributed by atoms with E-state index < -0.39 is 0 Å². The van der Waals surface area contributed by atoms with Crippen molar-refractivity contribution in [2.24, 2.45) is 17.8 Å². The third-order valence-corrected chi connectivity index (χ3v) is 11.1. The molecular formula is C40H51N9O4. The van der Waals surface area contributed by atoms with Crippen molar-refractivity contribution in [1.82, 2.24) is 29.7 Å². The molecule has 3 aromatic heterocycles. The van der Waals surface area contributed by atoms with Gasteiger partial charge in [0, 0.05) is 61.0 Å². The standard InChI is InChI=1S/C40H51N9O4/c1-6-27-20-25(2)14-15-40(4,23-27)46-39(52)48-18-16-47(17-19-48)33-13-12-32(37(44-33)53-5)43-38-41-24-31-26(3)21-34(50)49(35(31)45-38)30-9-7-8-29(22-30)42-36(51)28-10-11-28/h7-9,12-13,21-22,24-25,27-28H,6,10-11,14-20,23H2,1-5H3,(H,42,51)(H,46,52)(H,41,43,45). The van der Waals surface area contributed by atoms with Crippen molar-refractivity contribution >= 4 is 46.1 Å². The van der Waals surface area contributed by atoms with Crippen LogP contribution in [0.2, 0.25) is 0 Å². The minimum absolute atomic E-state index is 0.00485. The molecule has 0 radical (unpaired) electrons. The Kier molecular flexibility index (Phi) is 10.3. The molecule has 3 aliphatic rings. The lowest BCUT2D eigenvalue weighted by atomic mass is 9.86. The average Bonchev–Trinajstić information content (AvgIpc) is 4.01. The van der Waals surface area contributed by atoms with E-state index in [1.165, 1.54) is 11.0 Å². The van der Waals surface area contributed by atoms with Gasteiger partial charge in [0.25, 0.3) is 5.56 Å². The second-order valence-corrected chi connectivity index (χ2v) is 15.4. The lowest BCUT2D eigenvalue weighted by Gasteiger charge is -2.39. The topological polar surface area (TPSA) is 147 Å². The lowest BCUT2D eigenvalue weighted by molar-refractivity contribution is -0.117. The largest absolute Gasteiger partial charge is 0.479 e. The number of urea groups is 1. The highest BCUT2D eigenvalue weighted by Crippen LogP contribution is 2.36. The number of anilines is 4. The number of methoxy groups -OCH3 is 1. The summed E-state index contributed by atoms with van der Waals surface area (Å²) in [7, 11) is 1.56. The van der Waals surface area contributed by atoms with Crippen molar-refractivity contribution in [3.63, 3.8) is 0 Å². The molecule has 53 heavy (non-hydrogen) atoms. The Balaban J connectivity index is 1.05. The molecule has 13 nitrogen and oxygen atoms in total. The van der Waals surface area contributed by atoms with Crippen LogP contribution in [0.1, 0.15) is 71.3 Å². The number of nitrogens with zero attached hydrogens (tertiary/aromatic N) is 6. The van der Waals surface area contributed by atoms with E-state index in [1.54, 1.807) is 25.4 Å². The molecule has 3 atom stereocenters. The van der Waals surface area contributed by atoms with Crippen LogP contribution in [0, 0.1) is 24.7 Å². The number of rotatable bonds is 9. The summed E-state index contributed by atoms with van der Waals surface area (Å²) in [6.07, 6.45) is 9.07. The number of hydrogen-bond donors (Lipinski definition) is 3. The van der Waals surface area contributed by atoms with E-state index in [2.05, 4.69) is 46.6 Å². The fraction of sp³-hybridized carbons (Fsp3) is 0.500. The van der Waals surface area contributed by atoms with Crippen LogP contribution >= 0.6 is 0 Å². The van der Waals surface area contributed by atoms with Crippen LogP contribution in [-0.4, -0.2) is 75.2 Å². The summed E-state index contributed by atoms with van der Waals surface area (Å²) in [6, 6.07) is 12.6. The van der Waals surface area contributed by atoms with Crippen LogP contribution in [0.25, 0.3) is 16.7 Å². The summed E-state index contributed by atoms with van der Waals surface area (Å²) in [5.41, 5.74) is 2.53. The first kappa shape index (κ1) is 36.2. The minimum Gasteiger partial charge on any atom is -0.479 e. The van der Waals surface area contributed by atoms with Crippen molar-refractivity contribution in [1.29, 1.82) is 0 Å². The normalized spacial score (nSPS) is 21.9. The lowest BCUT2D eigenvalue weighted by Crippen LogP contribution is -2.57. The van der Waals surface area contributed by atoms with E-state index in [-0.39, 0.29) is 34.9 Å². The van der Waals surface area contributed by atoms with Gasteiger partial charge in [-0.05, 0) is 100 Å². The maximum atomic E-state index is 13.4. The van der Waals surface area contributed by atoms with Crippen LogP contribution < -0.4 is 31.1 Å². The van der Waals surface area contributed by atoms with Gasteiger partial charge in [-0.15, -0.1) is 0 Å². The van der Waals surface area contributed by atoms with E-state index in [0.717, 1.165) is 55.3 Å². The number of aromatic nitrogens is 4. The zero-order valence-corrected chi connectivity index (χ0v) is 31.4. The van der Waals surface area contributed by atoms with Crippen molar-refractivity contribution in [2.75, 3.05) is 48.8 Å². The monoisotopic (exact) mass is 721 g/mol. The zero-order chi connectivity index (χ0) is 37.3.